The normalized spacial score (nSPS) is 15.7. The lowest BCUT2D eigenvalue weighted by atomic mass is 10.1. The van der Waals surface area contributed by atoms with Crippen molar-refractivity contribution in [2.45, 2.75) is 16.6 Å². The average molecular weight is 504 g/mol. The molecular formula is C27H22FN3O4S. The molecule has 1 aliphatic rings. The largest absolute Gasteiger partial charge is 0.321 e. The van der Waals surface area contributed by atoms with Crippen molar-refractivity contribution < 1.29 is 23.6 Å². The van der Waals surface area contributed by atoms with Gasteiger partial charge in [0.1, 0.15) is 11.5 Å². The van der Waals surface area contributed by atoms with Gasteiger partial charge in [-0.3, -0.25) is 24.1 Å². The van der Waals surface area contributed by atoms with Gasteiger partial charge in [-0.1, -0.05) is 30.3 Å². The predicted molar refractivity (Wildman–Crippen MR) is 135 cm³/mol. The Hall–Kier alpha value is -4.24. The van der Waals surface area contributed by atoms with Crippen LogP contribution in [0.4, 0.5) is 10.1 Å². The second-order valence-corrected chi connectivity index (χ2v) is 9.29. The van der Waals surface area contributed by atoms with Crippen molar-refractivity contribution in [1.82, 2.24) is 10.2 Å². The zero-order valence-corrected chi connectivity index (χ0v) is 20.1. The number of imide groups is 1. The first-order chi connectivity index (χ1) is 17.3. The fourth-order valence-electron chi connectivity index (χ4n) is 3.46. The number of anilines is 1. The predicted octanol–water partition coefficient (Wildman–Crippen LogP) is 4.08. The first-order valence-electron chi connectivity index (χ1n) is 11.0. The van der Waals surface area contributed by atoms with Crippen molar-refractivity contribution in [3.8, 4) is 0 Å². The van der Waals surface area contributed by atoms with Gasteiger partial charge in [-0.05, 0) is 60.2 Å². The van der Waals surface area contributed by atoms with Crippen LogP contribution >= 0.6 is 11.8 Å². The molecule has 3 aromatic carbocycles. The van der Waals surface area contributed by atoms with Gasteiger partial charge < -0.3 is 10.6 Å². The van der Waals surface area contributed by atoms with Gasteiger partial charge >= 0.3 is 0 Å². The van der Waals surface area contributed by atoms with Crippen LogP contribution in [-0.2, 0) is 14.4 Å². The quantitative estimate of drug-likeness (QED) is 0.374. The number of nitrogens with zero attached hydrogens (tertiary/aromatic N) is 1. The van der Waals surface area contributed by atoms with E-state index in [2.05, 4.69) is 10.6 Å². The second-order valence-electron chi connectivity index (χ2n) is 8.01. The number of carbonyl (C=O) groups excluding carboxylic acids is 4. The van der Waals surface area contributed by atoms with Gasteiger partial charge in [-0.15, -0.1) is 11.8 Å². The Morgan fingerprint density at radius 2 is 1.64 bits per heavy atom. The van der Waals surface area contributed by atoms with Crippen LogP contribution in [0.15, 0.2) is 89.5 Å². The zero-order valence-electron chi connectivity index (χ0n) is 19.2. The van der Waals surface area contributed by atoms with E-state index in [0.29, 0.717) is 16.8 Å². The van der Waals surface area contributed by atoms with Crippen molar-refractivity contribution in [3.05, 3.63) is 102 Å². The molecule has 4 rings (SSSR count). The number of carbonyl (C=O) groups is 4. The molecule has 36 heavy (non-hydrogen) atoms. The van der Waals surface area contributed by atoms with Crippen LogP contribution < -0.4 is 10.6 Å². The third kappa shape index (κ3) is 6.05. The molecule has 0 spiro atoms. The van der Waals surface area contributed by atoms with Crippen molar-refractivity contribution in [2.24, 2.45) is 0 Å². The van der Waals surface area contributed by atoms with E-state index < -0.39 is 22.9 Å². The molecule has 182 valence electrons. The SMILES string of the molecule is CN1C(=O)CC(Sc2ccc(NC(=O)/C(=C/c3ccc(F)cc3)NC(=O)c3ccccc3)cc2)C1=O. The molecule has 1 heterocycles. The number of halogens is 1. The van der Waals surface area contributed by atoms with E-state index in [1.54, 1.807) is 54.6 Å². The summed E-state index contributed by atoms with van der Waals surface area (Å²) in [6.45, 7) is 0. The Bertz CT molecular complexity index is 1330. The summed E-state index contributed by atoms with van der Waals surface area (Å²) in [7, 11) is 1.47. The van der Waals surface area contributed by atoms with E-state index in [1.807, 2.05) is 0 Å². The number of likely N-dealkylation sites (tertiary alicyclic amines) is 1. The van der Waals surface area contributed by atoms with E-state index in [0.717, 1.165) is 9.80 Å². The number of rotatable bonds is 7. The van der Waals surface area contributed by atoms with Gasteiger partial charge in [0.25, 0.3) is 11.8 Å². The highest BCUT2D eigenvalue weighted by Gasteiger charge is 2.36. The maximum atomic E-state index is 13.3. The first kappa shape index (κ1) is 24.9. The Balaban J connectivity index is 1.49. The van der Waals surface area contributed by atoms with E-state index in [4.69, 9.17) is 0 Å². The summed E-state index contributed by atoms with van der Waals surface area (Å²) in [5.74, 6) is -1.89. The highest BCUT2D eigenvalue weighted by atomic mass is 32.2. The van der Waals surface area contributed by atoms with Gasteiger partial charge in [0.2, 0.25) is 11.8 Å². The molecule has 4 amide bonds. The van der Waals surface area contributed by atoms with E-state index in [-0.39, 0.29) is 23.9 Å². The third-order valence-corrected chi connectivity index (χ3v) is 6.64. The number of nitrogens with one attached hydrogen (secondary N) is 2. The highest BCUT2D eigenvalue weighted by Crippen LogP contribution is 2.31. The van der Waals surface area contributed by atoms with Gasteiger partial charge in [0, 0.05) is 29.6 Å². The summed E-state index contributed by atoms with van der Waals surface area (Å²) >= 11 is 1.29. The minimum Gasteiger partial charge on any atom is -0.321 e. The van der Waals surface area contributed by atoms with Gasteiger partial charge in [0.05, 0.1) is 5.25 Å². The molecule has 1 atom stereocenters. The van der Waals surface area contributed by atoms with Gasteiger partial charge in [-0.25, -0.2) is 4.39 Å². The van der Waals surface area contributed by atoms with Crippen LogP contribution in [0.3, 0.4) is 0 Å². The van der Waals surface area contributed by atoms with Crippen molar-refractivity contribution in [2.75, 3.05) is 12.4 Å². The lowest BCUT2D eigenvalue weighted by Gasteiger charge is -2.12. The molecule has 2 N–H and O–H groups in total. The molecule has 3 aromatic rings. The van der Waals surface area contributed by atoms with Crippen LogP contribution in [0, 0.1) is 5.82 Å². The minimum atomic E-state index is -0.567. The van der Waals surface area contributed by atoms with Crippen LogP contribution in [0.25, 0.3) is 6.08 Å². The summed E-state index contributed by atoms with van der Waals surface area (Å²) in [5.41, 5.74) is 1.35. The van der Waals surface area contributed by atoms with E-state index in [1.165, 1.54) is 49.2 Å². The summed E-state index contributed by atoms with van der Waals surface area (Å²) < 4.78 is 13.3. The smallest absolute Gasteiger partial charge is 0.272 e. The minimum absolute atomic E-state index is 0.0213. The molecule has 0 bridgehead atoms. The van der Waals surface area contributed by atoms with Crippen molar-refractivity contribution in [3.63, 3.8) is 0 Å². The Kier molecular flexibility index (Phi) is 7.60. The fourth-order valence-corrected chi connectivity index (χ4v) is 4.57. The van der Waals surface area contributed by atoms with Crippen LogP contribution in [0.1, 0.15) is 22.3 Å². The first-order valence-corrected chi connectivity index (χ1v) is 11.9. The number of thioether (sulfide) groups is 1. The summed E-state index contributed by atoms with van der Waals surface area (Å²) in [6, 6.07) is 20.8. The molecule has 9 heteroatoms. The van der Waals surface area contributed by atoms with Crippen LogP contribution in [0.2, 0.25) is 0 Å². The topological polar surface area (TPSA) is 95.6 Å². The third-order valence-electron chi connectivity index (χ3n) is 5.44. The van der Waals surface area contributed by atoms with Gasteiger partial charge in [-0.2, -0.15) is 0 Å². The number of amides is 4. The van der Waals surface area contributed by atoms with E-state index in [9.17, 15) is 23.6 Å². The Morgan fingerprint density at radius 1 is 0.972 bits per heavy atom. The Morgan fingerprint density at radius 3 is 2.25 bits per heavy atom. The van der Waals surface area contributed by atoms with Crippen molar-refractivity contribution >= 4 is 47.2 Å². The van der Waals surface area contributed by atoms with Crippen LogP contribution in [0.5, 0.6) is 0 Å². The lowest BCUT2D eigenvalue weighted by molar-refractivity contribution is -0.136. The fraction of sp³-hybridized carbons (Fsp3) is 0.111. The monoisotopic (exact) mass is 503 g/mol. The molecular weight excluding hydrogens is 481 g/mol. The molecule has 0 saturated carbocycles. The Labute approximate surface area is 211 Å². The molecule has 1 unspecified atom stereocenters. The standard InChI is InChI=1S/C27H22FN3O4S/c1-31-24(32)16-23(27(31)35)36-21-13-11-20(12-14-21)29-26(34)22(15-17-7-9-19(28)10-8-17)30-25(33)18-5-3-2-4-6-18/h2-15,23H,16H2,1H3,(H,29,34)(H,30,33)/b22-15-. The average Bonchev–Trinajstić information content (AvgIpc) is 3.12. The highest BCUT2D eigenvalue weighted by molar-refractivity contribution is 8.00. The second kappa shape index (κ2) is 11.0. The molecule has 0 aliphatic carbocycles. The van der Waals surface area contributed by atoms with Crippen LogP contribution in [-0.4, -0.2) is 40.8 Å². The van der Waals surface area contributed by atoms with Gasteiger partial charge in [0.15, 0.2) is 0 Å². The lowest BCUT2D eigenvalue weighted by Crippen LogP contribution is -2.30. The molecule has 0 radical (unpaired) electrons. The number of benzene rings is 3. The molecule has 1 saturated heterocycles. The summed E-state index contributed by atoms with van der Waals surface area (Å²) in [4.78, 5) is 51.5. The molecule has 1 aliphatic heterocycles. The number of hydrogen-bond acceptors (Lipinski definition) is 5. The maximum absolute atomic E-state index is 13.3. The summed E-state index contributed by atoms with van der Waals surface area (Å²) in [5, 5.41) is 4.90. The van der Waals surface area contributed by atoms with Crippen molar-refractivity contribution in [1.29, 1.82) is 0 Å². The maximum Gasteiger partial charge on any atom is 0.272 e. The molecule has 1 fully saturated rings. The van der Waals surface area contributed by atoms with E-state index >= 15 is 0 Å². The number of hydrogen-bond donors (Lipinski definition) is 2. The zero-order chi connectivity index (χ0) is 25.7. The molecule has 0 aromatic heterocycles. The summed E-state index contributed by atoms with van der Waals surface area (Å²) in [6.07, 6.45) is 1.61. The molecule has 7 nitrogen and oxygen atoms in total.